The topological polar surface area (TPSA) is 113 Å². The molecule has 3 amide bonds. The Bertz CT molecular complexity index is 960. The lowest BCUT2D eigenvalue weighted by Gasteiger charge is -2.05. The molecule has 0 spiro atoms. The number of aromatic nitrogens is 2. The second-order valence-corrected chi connectivity index (χ2v) is 5.36. The van der Waals surface area contributed by atoms with Crippen LogP contribution >= 0.6 is 0 Å². The lowest BCUT2D eigenvalue weighted by molar-refractivity contribution is -0.112. The number of urea groups is 1. The molecule has 7 heteroatoms. The Labute approximate surface area is 143 Å². The summed E-state index contributed by atoms with van der Waals surface area (Å²) in [6.45, 7) is 0. The zero-order valence-electron chi connectivity index (χ0n) is 13.5. The molecule has 0 saturated carbocycles. The summed E-state index contributed by atoms with van der Waals surface area (Å²) in [5, 5.41) is 5.92. The van der Waals surface area contributed by atoms with Crippen LogP contribution in [0.4, 0.5) is 10.5 Å². The van der Waals surface area contributed by atoms with Crippen LogP contribution in [0.1, 0.15) is 11.1 Å². The zero-order chi connectivity index (χ0) is 17.8. The van der Waals surface area contributed by atoms with Gasteiger partial charge in [0.15, 0.2) is 0 Å². The van der Waals surface area contributed by atoms with Gasteiger partial charge in [0.2, 0.25) is 5.91 Å². The Morgan fingerprint density at radius 2 is 2.00 bits per heavy atom. The third-order valence-electron chi connectivity index (χ3n) is 3.70. The van der Waals surface area contributed by atoms with Crippen molar-refractivity contribution in [3.8, 4) is 0 Å². The van der Waals surface area contributed by atoms with Crippen LogP contribution in [-0.2, 0) is 4.79 Å². The molecule has 2 heterocycles. The predicted molar refractivity (Wildman–Crippen MR) is 97.7 cm³/mol. The minimum atomic E-state index is -0.520. The number of rotatable bonds is 4. The number of nitrogens with zero attached hydrogens (tertiary/aromatic N) is 1. The van der Waals surface area contributed by atoms with Gasteiger partial charge >= 0.3 is 6.03 Å². The summed E-state index contributed by atoms with van der Waals surface area (Å²) in [6, 6.07) is 10.6. The fraction of sp³-hybridized carbons (Fsp3) is 0.0556. The number of hydrogen-bond acceptors (Lipinski definition) is 3. The molecule has 0 bridgehead atoms. The summed E-state index contributed by atoms with van der Waals surface area (Å²) in [7, 11) is 1.53. The molecule has 0 saturated heterocycles. The molecule has 0 unspecified atom stereocenters. The van der Waals surface area contributed by atoms with E-state index in [0.29, 0.717) is 16.9 Å². The van der Waals surface area contributed by atoms with Gasteiger partial charge in [0.25, 0.3) is 0 Å². The highest BCUT2D eigenvalue weighted by molar-refractivity contribution is 6.24. The van der Waals surface area contributed by atoms with E-state index in [1.807, 2.05) is 30.3 Å². The van der Waals surface area contributed by atoms with Crippen molar-refractivity contribution in [2.24, 2.45) is 5.73 Å². The van der Waals surface area contributed by atoms with Gasteiger partial charge in [-0.15, -0.1) is 0 Å². The zero-order valence-corrected chi connectivity index (χ0v) is 13.5. The maximum atomic E-state index is 11.9. The van der Waals surface area contributed by atoms with Crippen molar-refractivity contribution >= 4 is 40.3 Å². The molecule has 5 N–H and O–H groups in total. The Morgan fingerprint density at radius 3 is 2.68 bits per heavy atom. The number of primary amides is 1. The summed E-state index contributed by atoms with van der Waals surface area (Å²) in [5.74, 6) is -0.520. The number of hydrogen-bond donors (Lipinski definition) is 4. The number of H-pyrrole nitrogens is 1. The van der Waals surface area contributed by atoms with E-state index in [4.69, 9.17) is 5.73 Å². The standard InChI is InChI=1S/C18H17N5O2/c1-20-18(25)23-13-8-15-12(9-21-17(15)22-10-13)7-14(16(19)24)11-5-3-2-4-6-11/h2-10H,1H3,(H2,19,24)(H,21,22)(H2,20,23,25)/b14-7+. The van der Waals surface area contributed by atoms with Crippen molar-refractivity contribution in [2.45, 2.75) is 0 Å². The average molecular weight is 335 g/mol. The molecule has 2 aromatic heterocycles. The summed E-state index contributed by atoms with van der Waals surface area (Å²) in [5.41, 5.74) is 8.61. The second-order valence-electron chi connectivity index (χ2n) is 5.36. The minimum absolute atomic E-state index is 0.337. The van der Waals surface area contributed by atoms with Crippen LogP contribution in [0.5, 0.6) is 0 Å². The lowest BCUT2D eigenvalue weighted by Crippen LogP contribution is -2.24. The quantitative estimate of drug-likeness (QED) is 0.549. The van der Waals surface area contributed by atoms with E-state index in [0.717, 1.165) is 16.5 Å². The van der Waals surface area contributed by atoms with Crippen LogP contribution in [0, 0.1) is 0 Å². The van der Waals surface area contributed by atoms with Gasteiger partial charge in [0.05, 0.1) is 11.9 Å². The maximum absolute atomic E-state index is 11.9. The molecule has 0 aliphatic rings. The van der Waals surface area contributed by atoms with E-state index in [1.165, 1.54) is 7.05 Å². The maximum Gasteiger partial charge on any atom is 0.319 e. The first-order chi connectivity index (χ1) is 12.1. The predicted octanol–water partition coefficient (Wildman–Crippen LogP) is 2.34. The Kier molecular flexibility index (Phi) is 4.47. The number of nitrogens with one attached hydrogen (secondary N) is 3. The molecule has 3 aromatic rings. The van der Waals surface area contributed by atoms with Crippen molar-refractivity contribution in [1.29, 1.82) is 0 Å². The van der Waals surface area contributed by atoms with E-state index < -0.39 is 5.91 Å². The summed E-state index contributed by atoms with van der Waals surface area (Å²) in [6.07, 6.45) is 5.00. The number of aromatic amines is 1. The van der Waals surface area contributed by atoms with Crippen molar-refractivity contribution in [3.05, 3.63) is 59.9 Å². The van der Waals surface area contributed by atoms with E-state index >= 15 is 0 Å². The summed E-state index contributed by atoms with van der Waals surface area (Å²) < 4.78 is 0. The first kappa shape index (κ1) is 16.3. The van der Waals surface area contributed by atoms with E-state index in [2.05, 4.69) is 20.6 Å². The Morgan fingerprint density at radius 1 is 1.24 bits per heavy atom. The van der Waals surface area contributed by atoms with Crippen molar-refractivity contribution in [1.82, 2.24) is 15.3 Å². The number of carbonyl (C=O) groups excluding carboxylic acids is 2. The third-order valence-corrected chi connectivity index (χ3v) is 3.70. The minimum Gasteiger partial charge on any atom is -0.366 e. The van der Waals surface area contributed by atoms with Gasteiger partial charge in [-0.25, -0.2) is 9.78 Å². The fourth-order valence-electron chi connectivity index (χ4n) is 2.48. The molecular formula is C18H17N5O2. The number of benzene rings is 1. The monoisotopic (exact) mass is 335 g/mol. The lowest BCUT2D eigenvalue weighted by atomic mass is 10.0. The van der Waals surface area contributed by atoms with Crippen molar-refractivity contribution in [2.75, 3.05) is 12.4 Å². The van der Waals surface area contributed by atoms with E-state index in [-0.39, 0.29) is 6.03 Å². The second kappa shape index (κ2) is 6.88. The van der Waals surface area contributed by atoms with Gasteiger partial charge in [-0.1, -0.05) is 30.3 Å². The molecular weight excluding hydrogens is 318 g/mol. The van der Waals surface area contributed by atoms with E-state index in [9.17, 15) is 9.59 Å². The van der Waals surface area contributed by atoms with Gasteiger partial charge in [-0.05, 0) is 17.7 Å². The van der Waals surface area contributed by atoms with Gasteiger partial charge in [0.1, 0.15) is 5.65 Å². The van der Waals surface area contributed by atoms with Gasteiger partial charge < -0.3 is 21.4 Å². The summed E-state index contributed by atoms with van der Waals surface area (Å²) >= 11 is 0. The number of nitrogens with two attached hydrogens (primary N) is 1. The smallest absolute Gasteiger partial charge is 0.319 e. The van der Waals surface area contributed by atoms with Crippen LogP contribution in [-0.4, -0.2) is 29.0 Å². The van der Waals surface area contributed by atoms with Crippen molar-refractivity contribution in [3.63, 3.8) is 0 Å². The molecule has 0 atom stereocenters. The van der Waals surface area contributed by atoms with E-state index in [1.54, 1.807) is 24.5 Å². The fourth-order valence-corrected chi connectivity index (χ4v) is 2.48. The molecule has 3 rings (SSSR count). The SMILES string of the molecule is CNC(=O)Nc1cnc2[nH]cc(/C=C(/C(N)=O)c3ccccc3)c2c1. The number of carbonyl (C=O) groups is 2. The molecule has 0 aliphatic heterocycles. The molecule has 0 radical (unpaired) electrons. The third kappa shape index (κ3) is 3.50. The molecule has 126 valence electrons. The molecule has 0 fully saturated rings. The molecule has 25 heavy (non-hydrogen) atoms. The Balaban J connectivity index is 2.06. The Hall–Kier alpha value is -3.61. The van der Waals surface area contributed by atoms with Crippen LogP contribution in [0.15, 0.2) is 48.8 Å². The van der Waals surface area contributed by atoms with Gasteiger partial charge in [-0.2, -0.15) is 0 Å². The highest BCUT2D eigenvalue weighted by Gasteiger charge is 2.11. The largest absolute Gasteiger partial charge is 0.366 e. The molecule has 7 nitrogen and oxygen atoms in total. The number of fused-ring (bicyclic) bond motifs is 1. The molecule has 1 aromatic carbocycles. The summed E-state index contributed by atoms with van der Waals surface area (Å²) in [4.78, 5) is 30.7. The van der Waals surface area contributed by atoms with Crippen LogP contribution in [0.25, 0.3) is 22.7 Å². The highest BCUT2D eigenvalue weighted by atomic mass is 16.2. The first-order valence-corrected chi connectivity index (χ1v) is 7.61. The van der Waals surface area contributed by atoms with Crippen molar-refractivity contribution < 1.29 is 9.59 Å². The number of anilines is 1. The normalized spacial score (nSPS) is 11.3. The highest BCUT2D eigenvalue weighted by Crippen LogP contribution is 2.25. The van der Waals surface area contributed by atoms with Gasteiger partial charge in [-0.3, -0.25) is 4.79 Å². The van der Waals surface area contributed by atoms with Crippen LogP contribution in [0.3, 0.4) is 0 Å². The number of amides is 3. The molecule has 0 aliphatic carbocycles. The number of pyridine rings is 1. The van der Waals surface area contributed by atoms with Crippen LogP contribution in [0.2, 0.25) is 0 Å². The van der Waals surface area contributed by atoms with Gasteiger partial charge in [0, 0.05) is 29.8 Å². The average Bonchev–Trinajstić information content (AvgIpc) is 3.02. The van der Waals surface area contributed by atoms with Crippen LogP contribution < -0.4 is 16.4 Å². The first-order valence-electron chi connectivity index (χ1n) is 7.61.